The van der Waals surface area contributed by atoms with Crippen molar-refractivity contribution in [2.45, 2.75) is 6.92 Å². The third-order valence-electron chi connectivity index (χ3n) is 1.46. The van der Waals surface area contributed by atoms with E-state index in [1.54, 1.807) is 10.9 Å². The minimum absolute atomic E-state index is 0.568. The van der Waals surface area contributed by atoms with Crippen LogP contribution in [0.1, 0.15) is 5.69 Å². The van der Waals surface area contributed by atoms with Gasteiger partial charge in [0, 0.05) is 6.20 Å². The second-order valence-corrected chi connectivity index (χ2v) is 3.48. The van der Waals surface area contributed by atoms with Crippen LogP contribution in [0.5, 0.6) is 0 Å². The molecule has 5 heteroatoms. The summed E-state index contributed by atoms with van der Waals surface area (Å²) in [6.07, 6.45) is 3.61. The van der Waals surface area contributed by atoms with Crippen LogP contribution in [-0.4, -0.2) is 14.8 Å². The first-order chi connectivity index (χ1) is 5.75. The number of anilines is 1. The summed E-state index contributed by atoms with van der Waals surface area (Å²) in [5.41, 5.74) is 6.48. The number of nitrogens with zero attached hydrogens (tertiary/aromatic N) is 3. The minimum Gasteiger partial charge on any atom is -0.375 e. The van der Waals surface area contributed by atoms with Gasteiger partial charge in [-0.3, -0.25) is 0 Å². The van der Waals surface area contributed by atoms with Gasteiger partial charge in [0.2, 0.25) is 0 Å². The number of rotatable bonds is 1. The van der Waals surface area contributed by atoms with E-state index >= 15 is 0 Å². The lowest BCUT2D eigenvalue weighted by Crippen LogP contribution is -1.90. The van der Waals surface area contributed by atoms with Crippen LogP contribution in [0.25, 0.3) is 5.00 Å². The molecule has 2 N–H and O–H groups in total. The van der Waals surface area contributed by atoms with Gasteiger partial charge < -0.3 is 5.73 Å². The first kappa shape index (κ1) is 7.30. The Morgan fingerprint density at radius 1 is 1.58 bits per heavy atom. The number of hydrogen-bond acceptors (Lipinski definition) is 4. The van der Waals surface area contributed by atoms with Gasteiger partial charge in [-0.2, -0.15) is 5.10 Å². The molecule has 62 valence electrons. The number of nitrogens with two attached hydrogens (primary N) is 1. The van der Waals surface area contributed by atoms with E-state index in [0.717, 1.165) is 10.7 Å². The summed E-state index contributed by atoms with van der Waals surface area (Å²) < 4.78 is 1.77. The maximum Gasteiger partial charge on any atom is 0.182 e. The molecule has 12 heavy (non-hydrogen) atoms. The van der Waals surface area contributed by atoms with Gasteiger partial charge in [0.05, 0.1) is 11.9 Å². The Labute approximate surface area is 73.7 Å². The molecule has 2 rings (SSSR count). The molecular formula is C7H8N4S. The molecule has 2 heterocycles. The van der Waals surface area contributed by atoms with E-state index in [9.17, 15) is 0 Å². The van der Waals surface area contributed by atoms with Gasteiger partial charge in [0.15, 0.2) is 5.13 Å². The van der Waals surface area contributed by atoms with Crippen LogP contribution in [0, 0.1) is 6.92 Å². The number of thiazole rings is 1. The van der Waals surface area contributed by atoms with Gasteiger partial charge in [-0.1, -0.05) is 11.3 Å². The molecule has 0 aliphatic carbocycles. The molecule has 0 saturated heterocycles. The van der Waals surface area contributed by atoms with Gasteiger partial charge >= 0.3 is 0 Å². The molecule has 2 aromatic heterocycles. The highest BCUT2D eigenvalue weighted by atomic mass is 32.1. The van der Waals surface area contributed by atoms with Gasteiger partial charge in [-0.25, -0.2) is 9.67 Å². The molecule has 0 spiro atoms. The number of nitrogen functional groups attached to an aromatic ring is 1. The first-order valence-corrected chi connectivity index (χ1v) is 4.31. The smallest absolute Gasteiger partial charge is 0.182 e. The molecule has 4 nitrogen and oxygen atoms in total. The molecule has 0 unspecified atom stereocenters. The molecule has 0 fully saturated rings. The standard InChI is InChI=1S/C7H8N4S/c1-5-2-3-11(10-5)6-4-9-7(8)12-6/h2-4H,1H3,(H2,8,9). The van der Waals surface area contributed by atoms with E-state index in [4.69, 9.17) is 5.73 Å². The average molecular weight is 180 g/mol. The molecule has 0 radical (unpaired) electrons. The molecule has 0 amide bonds. The van der Waals surface area contributed by atoms with Gasteiger partial charge in [-0.15, -0.1) is 0 Å². The summed E-state index contributed by atoms with van der Waals surface area (Å²) in [4.78, 5) is 3.94. The zero-order valence-electron chi connectivity index (χ0n) is 6.56. The van der Waals surface area contributed by atoms with Crippen LogP contribution < -0.4 is 5.73 Å². The lowest BCUT2D eigenvalue weighted by atomic mass is 10.5. The summed E-state index contributed by atoms with van der Waals surface area (Å²) in [5.74, 6) is 0. The van der Waals surface area contributed by atoms with Crippen LogP contribution in [0.4, 0.5) is 5.13 Å². The van der Waals surface area contributed by atoms with E-state index < -0.39 is 0 Å². The SMILES string of the molecule is Cc1ccn(-c2cnc(N)s2)n1. The van der Waals surface area contributed by atoms with Crippen LogP contribution in [-0.2, 0) is 0 Å². The van der Waals surface area contributed by atoms with Crippen LogP contribution in [0.3, 0.4) is 0 Å². The molecule has 0 aromatic carbocycles. The molecule has 2 aromatic rings. The summed E-state index contributed by atoms with van der Waals surface area (Å²) in [5, 5.41) is 5.74. The highest BCUT2D eigenvalue weighted by Gasteiger charge is 2.01. The van der Waals surface area contributed by atoms with Crippen LogP contribution in [0.2, 0.25) is 0 Å². The zero-order valence-corrected chi connectivity index (χ0v) is 7.38. The maximum atomic E-state index is 5.49. The highest BCUT2D eigenvalue weighted by Crippen LogP contribution is 2.18. The third kappa shape index (κ3) is 1.18. The Kier molecular flexibility index (Phi) is 1.58. The summed E-state index contributed by atoms with van der Waals surface area (Å²) in [7, 11) is 0. The highest BCUT2D eigenvalue weighted by molar-refractivity contribution is 7.17. The van der Waals surface area contributed by atoms with E-state index in [1.807, 2.05) is 19.2 Å². The lowest BCUT2D eigenvalue weighted by molar-refractivity contribution is 0.875. The van der Waals surface area contributed by atoms with E-state index in [2.05, 4.69) is 10.1 Å². The predicted octanol–water partition coefficient (Wildman–Crippen LogP) is 1.22. The van der Waals surface area contributed by atoms with Gasteiger partial charge in [-0.05, 0) is 13.0 Å². The van der Waals surface area contributed by atoms with E-state index in [1.165, 1.54) is 11.3 Å². The Bertz CT molecular complexity index is 351. The normalized spacial score (nSPS) is 10.4. The summed E-state index contributed by atoms with van der Waals surface area (Å²) >= 11 is 1.42. The maximum absolute atomic E-state index is 5.49. The van der Waals surface area contributed by atoms with Crippen molar-refractivity contribution >= 4 is 16.5 Å². The molecule has 0 aliphatic rings. The molecule has 0 bridgehead atoms. The Balaban J connectivity index is 2.43. The van der Waals surface area contributed by atoms with E-state index in [0.29, 0.717) is 5.13 Å². The second kappa shape index (κ2) is 2.60. The zero-order chi connectivity index (χ0) is 8.55. The molecule has 0 atom stereocenters. The fourth-order valence-corrected chi connectivity index (χ4v) is 1.54. The van der Waals surface area contributed by atoms with Gasteiger partial charge in [0.1, 0.15) is 5.00 Å². The van der Waals surface area contributed by atoms with Gasteiger partial charge in [0.25, 0.3) is 0 Å². The van der Waals surface area contributed by atoms with Crippen molar-refractivity contribution in [1.82, 2.24) is 14.8 Å². The summed E-state index contributed by atoms with van der Waals surface area (Å²) in [6.45, 7) is 1.95. The first-order valence-electron chi connectivity index (χ1n) is 3.49. The fourth-order valence-electron chi connectivity index (χ4n) is 0.922. The van der Waals surface area contributed by atoms with Crippen molar-refractivity contribution < 1.29 is 0 Å². The average Bonchev–Trinajstić information content (AvgIpc) is 2.58. The van der Waals surface area contributed by atoms with Crippen LogP contribution in [0.15, 0.2) is 18.5 Å². The quantitative estimate of drug-likeness (QED) is 0.717. The second-order valence-electron chi connectivity index (χ2n) is 2.44. The Morgan fingerprint density at radius 2 is 2.42 bits per heavy atom. The largest absolute Gasteiger partial charge is 0.375 e. The molecule has 0 aliphatic heterocycles. The third-order valence-corrected chi connectivity index (χ3v) is 2.28. The molecule has 0 saturated carbocycles. The number of hydrogen-bond donors (Lipinski definition) is 1. The number of aryl methyl sites for hydroxylation is 1. The molecular weight excluding hydrogens is 172 g/mol. The van der Waals surface area contributed by atoms with Crippen molar-refractivity contribution in [2.24, 2.45) is 0 Å². The minimum atomic E-state index is 0.568. The number of aromatic nitrogens is 3. The predicted molar refractivity (Wildman–Crippen MR) is 48.4 cm³/mol. The lowest BCUT2D eigenvalue weighted by Gasteiger charge is -1.91. The Morgan fingerprint density at radius 3 is 2.92 bits per heavy atom. The monoisotopic (exact) mass is 180 g/mol. The summed E-state index contributed by atoms with van der Waals surface area (Å²) in [6, 6.07) is 1.94. The fraction of sp³-hybridized carbons (Fsp3) is 0.143. The van der Waals surface area contributed by atoms with Crippen molar-refractivity contribution in [3.05, 3.63) is 24.2 Å². The topological polar surface area (TPSA) is 56.7 Å². The van der Waals surface area contributed by atoms with Crippen molar-refractivity contribution in [3.63, 3.8) is 0 Å². The van der Waals surface area contributed by atoms with Crippen molar-refractivity contribution in [2.75, 3.05) is 5.73 Å². The van der Waals surface area contributed by atoms with Crippen molar-refractivity contribution in [1.29, 1.82) is 0 Å². The Hall–Kier alpha value is -1.36. The van der Waals surface area contributed by atoms with Crippen LogP contribution >= 0.6 is 11.3 Å². The van der Waals surface area contributed by atoms with E-state index in [-0.39, 0.29) is 0 Å². The van der Waals surface area contributed by atoms with Crippen molar-refractivity contribution in [3.8, 4) is 5.00 Å².